The molecule has 1 aromatic rings. The molecule has 5 nitrogen and oxygen atoms in total. The van der Waals surface area contributed by atoms with Crippen LogP contribution in [-0.2, 0) is 11.2 Å². The molecule has 0 saturated heterocycles. The minimum Gasteiger partial charge on any atom is -0.480 e. The van der Waals surface area contributed by atoms with Crippen LogP contribution < -0.4 is 5.09 Å². The van der Waals surface area contributed by atoms with Gasteiger partial charge in [0.25, 0.3) is 0 Å². The molecule has 0 aliphatic rings. The van der Waals surface area contributed by atoms with Crippen molar-refractivity contribution in [3.63, 3.8) is 0 Å². The van der Waals surface area contributed by atoms with E-state index in [1.165, 1.54) is 0 Å². The Kier molecular flexibility index (Phi) is 3.79. The van der Waals surface area contributed by atoms with Gasteiger partial charge in [0.1, 0.15) is 11.9 Å². The van der Waals surface area contributed by atoms with Crippen LogP contribution in [0.3, 0.4) is 0 Å². The third kappa shape index (κ3) is 2.73. The van der Waals surface area contributed by atoms with E-state index in [0.717, 1.165) is 0 Å². The maximum atomic E-state index is 10.6. The average Bonchev–Trinajstić information content (AvgIpc) is 2.46. The number of aromatic nitrogens is 2. The van der Waals surface area contributed by atoms with Crippen molar-refractivity contribution >= 4 is 24.8 Å². The van der Waals surface area contributed by atoms with E-state index < -0.39 is 12.0 Å². The van der Waals surface area contributed by atoms with Crippen LogP contribution in [0, 0.1) is 0 Å². The highest BCUT2D eigenvalue weighted by molar-refractivity contribution is 7.14. The van der Waals surface area contributed by atoms with Gasteiger partial charge in [-0.1, -0.05) is 9.39 Å². The first-order valence-electron chi connectivity index (χ1n) is 3.61. The lowest BCUT2D eigenvalue weighted by molar-refractivity contribution is -0.138. The van der Waals surface area contributed by atoms with Gasteiger partial charge in [0.2, 0.25) is 0 Å². The molecular formula is C6H11N3O2P2. The van der Waals surface area contributed by atoms with Gasteiger partial charge in [0, 0.05) is 18.8 Å². The van der Waals surface area contributed by atoms with E-state index in [9.17, 15) is 4.79 Å². The van der Waals surface area contributed by atoms with Gasteiger partial charge in [-0.2, -0.15) is 0 Å². The monoisotopic (exact) mass is 219 g/mol. The molecular weight excluding hydrogens is 208 g/mol. The van der Waals surface area contributed by atoms with Crippen LogP contribution in [0.15, 0.2) is 12.4 Å². The lowest BCUT2D eigenvalue weighted by Gasteiger charge is -2.09. The van der Waals surface area contributed by atoms with Crippen molar-refractivity contribution < 1.29 is 9.90 Å². The standard InChI is InChI=1S/C6H11N3O2P2/c10-6(11)4(8-12)3-5-7-1-2-9(5)13/h1-2,4,8H,3,12-13H2,(H,10,11). The molecule has 0 saturated carbocycles. The first-order valence-corrected chi connectivity index (χ1v) is 4.70. The Morgan fingerprint density at radius 2 is 2.54 bits per heavy atom. The van der Waals surface area contributed by atoms with Crippen LogP contribution in [0.5, 0.6) is 0 Å². The van der Waals surface area contributed by atoms with E-state index in [1.54, 1.807) is 16.7 Å². The topological polar surface area (TPSA) is 67.1 Å². The largest absolute Gasteiger partial charge is 0.480 e. The molecule has 0 radical (unpaired) electrons. The fraction of sp³-hybridized carbons (Fsp3) is 0.333. The van der Waals surface area contributed by atoms with E-state index in [2.05, 4.69) is 28.9 Å². The molecule has 0 aliphatic heterocycles. The number of imidazole rings is 1. The van der Waals surface area contributed by atoms with Crippen molar-refractivity contribution in [1.29, 1.82) is 0 Å². The lowest BCUT2D eigenvalue weighted by atomic mass is 10.2. The van der Waals surface area contributed by atoms with Crippen molar-refractivity contribution in [3.05, 3.63) is 18.2 Å². The zero-order valence-electron chi connectivity index (χ0n) is 6.84. The molecule has 0 aliphatic carbocycles. The summed E-state index contributed by atoms with van der Waals surface area (Å²) in [5, 5.41) is 11.4. The predicted molar refractivity (Wildman–Crippen MR) is 55.3 cm³/mol. The van der Waals surface area contributed by atoms with Crippen molar-refractivity contribution in [2.24, 2.45) is 0 Å². The molecule has 3 atom stereocenters. The van der Waals surface area contributed by atoms with Crippen LogP contribution >= 0.6 is 18.8 Å². The van der Waals surface area contributed by atoms with Gasteiger partial charge in [-0.05, 0) is 9.39 Å². The third-order valence-electron chi connectivity index (χ3n) is 1.63. The molecule has 1 aromatic heterocycles. The first kappa shape index (κ1) is 10.6. The number of aliphatic carboxylic acids is 1. The SMILES string of the molecule is O=C(O)C(Cc1nccn1P)NP. The van der Waals surface area contributed by atoms with Gasteiger partial charge in [-0.15, -0.1) is 0 Å². The van der Waals surface area contributed by atoms with Gasteiger partial charge in [0.15, 0.2) is 0 Å². The quantitative estimate of drug-likeness (QED) is 0.694. The van der Waals surface area contributed by atoms with E-state index >= 15 is 0 Å². The molecule has 13 heavy (non-hydrogen) atoms. The maximum Gasteiger partial charge on any atom is 0.321 e. The van der Waals surface area contributed by atoms with Crippen LogP contribution in [0.25, 0.3) is 0 Å². The van der Waals surface area contributed by atoms with Crippen molar-refractivity contribution in [1.82, 2.24) is 14.4 Å². The fourth-order valence-corrected chi connectivity index (χ4v) is 1.41. The number of nitrogens with one attached hydrogen (secondary N) is 1. The molecule has 0 amide bonds. The molecule has 1 heterocycles. The fourth-order valence-electron chi connectivity index (χ4n) is 0.902. The molecule has 3 unspecified atom stereocenters. The minimum atomic E-state index is -0.886. The number of hydrogen-bond donors (Lipinski definition) is 2. The summed E-state index contributed by atoms with van der Waals surface area (Å²) in [5.41, 5.74) is 0. The summed E-state index contributed by atoms with van der Waals surface area (Å²) in [6.45, 7) is 0. The normalized spacial score (nSPS) is 12.8. The average molecular weight is 219 g/mol. The summed E-state index contributed by atoms with van der Waals surface area (Å²) in [6, 6.07) is -0.619. The van der Waals surface area contributed by atoms with Crippen LogP contribution in [-0.4, -0.2) is 26.4 Å². The van der Waals surface area contributed by atoms with Crippen LogP contribution in [0.1, 0.15) is 5.82 Å². The smallest absolute Gasteiger partial charge is 0.321 e. The molecule has 7 heteroatoms. The summed E-state index contributed by atoms with van der Waals surface area (Å²) in [7, 11) is 4.64. The Morgan fingerprint density at radius 3 is 2.92 bits per heavy atom. The van der Waals surface area contributed by atoms with E-state index in [0.29, 0.717) is 12.2 Å². The summed E-state index contributed by atoms with van der Waals surface area (Å²) < 4.78 is 1.72. The molecule has 72 valence electrons. The van der Waals surface area contributed by atoms with Crippen molar-refractivity contribution in [2.45, 2.75) is 12.5 Å². The van der Waals surface area contributed by atoms with Crippen molar-refractivity contribution in [3.8, 4) is 0 Å². The lowest BCUT2D eigenvalue weighted by Crippen LogP contribution is -2.33. The number of carboxylic acid groups (broad SMARTS) is 1. The molecule has 0 aromatic carbocycles. The number of hydrogen-bond acceptors (Lipinski definition) is 3. The molecule has 2 N–H and O–H groups in total. The van der Waals surface area contributed by atoms with E-state index in [-0.39, 0.29) is 0 Å². The predicted octanol–water partition coefficient (Wildman–Crippen LogP) is -0.103. The Bertz CT molecular complexity index is 302. The Morgan fingerprint density at radius 1 is 1.85 bits per heavy atom. The molecule has 0 bridgehead atoms. The first-order chi connectivity index (χ1) is 6.15. The second-order valence-corrected chi connectivity index (χ2v) is 3.40. The summed E-state index contributed by atoms with van der Waals surface area (Å²) >= 11 is 0. The van der Waals surface area contributed by atoms with Crippen LogP contribution in [0.4, 0.5) is 0 Å². The van der Waals surface area contributed by atoms with Gasteiger partial charge >= 0.3 is 5.97 Å². The Hall–Kier alpha value is -0.500. The Balaban J connectivity index is 2.67. The minimum absolute atomic E-state index is 0.356. The van der Waals surface area contributed by atoms with E-state index in [1.807, 2.05) is 0 Å². The second-order valence-electron chi connectivity index (χ2n) is 2.51. The molecule has 1 rings (SSSR count). The van der Waals surface area contributed by atoms with Gasteiger partial charge in [-0.3, -0.25) is 9.88 Å². The van der Waals surface area contributed by atoms with Gasteiger partial charge < -0.3 is 9.44 Å². The highest BCUT2D eigenvalue weighted by Crippen LogP contribution is 2.06. The zero-order valence-corrected chi connectivity index (χ0v) is 9.15. The number of rotatable bonds is 4. The number of nitrogens with zero attached hydrogens (tertiary/aromatic N) is 2. The van der Waals surface area contributed by atoms with Crippen molar-refractivity contribution in [2.75, 3.05) is 0 Å². The number of carboxylic acids is 1. The van der Waals surface area contributed by atoms with Crippen LogP contribution in [0.2, 0.25) is 0 Å². The Labute approximate surface area is 80.4 Å². The zero-order chi connectivity index (χ0) is 9.84. The van der Waals surface area contributed by atoms with Gasteiger partial charge in [0.05, 0.1) is 0 Å². The maximum absolute atomic E-state index is 10.6. The highest BCUT2D eigenvalue weighted by Gasteiger charge is 2.17. The number of carbonyl (C=O) groups is 1. The van der Waals surface area contributed by atoms with Gasteiger partial charge in [-0.25, -0.2) is 4.98 Å². The summed E-state index contributed by atoms with van der Waals surface area (Å²) in [5.74, 6) is -0.171. The highest BCUT2D eigenvalue weighted by atomic mass is 31.0. The second kappa shape index (κ2) is 4.66. The molecule has 0 spiro atoms. The summed E-state index contributed by atoms with van der Waals surface area (Å²) in [6.07, 6.45) is 3.74. The third-order valence-corrected chi connectivity index (χ3v) is 2.51. The molecule has 0 fully saturated rings. The summed E-state index contributed by atoms with van der Waals surface area (Å²) in [4.78, 5) is 14.7. The van der Waals surface area contributed by atoms with E-state index in [4.69, 9.17) is 5.11 Å².